The molecule has 2 heterocycles. The smallest absolute Gasteiger partial charge is 0.322 e. The van der Waals surface area contributed by atoms with Gasteiger partial charge < -0.3 is 24.4 Å². The Bertz CT molecular complexity index is 974. The normalized spacial score (nSPS) is 14.4. The van der Waals surface area contributed by atoms with Gasteiger partial charge in [0.2, 0.25) is 0 Å². The first-order chi connectivity index (χ1) is 13.7. The van der Waals surface area contributed by atoms with E-state index in [9.17, 15) is 4.79 Å². The molecule has 0 spiro atoms. The van der Waals surface area contributed by atoms with Crippen LogP contribution in [0.15, 0.2) is 54.7 Å². The summed E-state index contributed by atoms with van der Waals surface area (Å²) in [5.41, 5.74) is 3.09. The molecule has 0 bridgehead atoms. The predicted molar refractivity (Wildman–Crippen MR) is 113 cm³/mol. The van der Waals surface area contributed by atoms with Gasteiger partial charge in [-0.25, -0.2) is 4.79 Å². The number of aryl methyl sites for hydroxylation is 1. The maximum atomic E-state index is 12.8. The van der Waals surface area contributed by atoms with Gasteiger partial charge >= 0.3 is 6.03 Å². The van der Waals surface area contributed by atoms with Gasteiger partial charge in [-0.15, -0.1) is 0 Å². The molecule has 1 saturated heterocycles. The molecule has 4 rings (SSSR count). The van der Waals surface area contributed by atoms with Gasteiger partial charge in [-0.1, -0.05) is 30.3 Å². The Morgan fingerprint density at radius 1 is 1.04 bits per heavy atom. The number of nitrogens with one attached hydrogen (secondary N) is 1. The van der Waals surface area contributed by atoms with Crippen LogP contribution in [0.4, 0.5) is 16.2 Å². The van der Waals surface area contributed by atoms with Crippen molar-refractivity contribution in [1.29, 1.82) is 0 Å². The topological polar surface area (TPSA) is 49.7 Å². The van der Waals surface area contributed by atoms with Crippen LogP contribution in [0.1, 0.15) is 6.92 Å². The van der Waals surface area contributed by atoms with Crippen molar-refractivity contribution in [1.82, 2.24) is 9.47 Å². The number of rotatable bonds is 4. The minimum absolute atomic E-state index is 0.0429. The van der Waals surface area contributed by atoms with Gasteiger partial charge in [-0.2, -0.15) is 0 Å². The summed E-state index contributed by atoms with van der Waals surface area (Å²) in [6, 6.07) is 16.1. The van der Waals surface area contributed by atoms with E-state index in [0.29, 0.717) is 13.1 Å². The van der Waals surface area contributed by atoms with E-state index in [-0.39, 0.29) is 6.03 Å². The second-order valence-electron chi connectivity index (χ2n) is 6.92. The number of para-hydroxylation sites is 3. The van der Waals surface area contributed by atoms with Crippen molar-refractivity contribution in [2.75, 3.05) is 43.5 Å². The average molecular weight is 378 g/mol. The van der Waals surface area contributed by atoms with E-state index in [4.69, 9.17) is 4.74 Å². The number of carbonyl (C=O) groups excluding carboxylic acids is 1. The number of carbonyl (C=O) groups is 1. The summed E-state index contributed by atoms with van der Waals surface area (Å²) >= 11 is 0. The van der Waals surface area contributed by atoms with Crippen molar-refractivity contribution in [2.24, 2.45) is 0 Å². The SMILES string of the molecule is CCn1cc(NC(=O)N2CCN(c3ccccc3OC)CC2)c2ccccc21. The molecule has 0 atom stereocenters. The van der Waals surface area contributed by atoms with Crippen LogP contribution in [-0.2, 0) is 6.54 Å². The number of benzene rings is 2. The molecule has 0 unspecified atom stereocenters. The number of urea groups is 1. The third-order valence-corrected chi connectivity index (χ3v) is 5.36. The number of anilines is 2. The van der Waals surface area contributed by atoms with E-state index in [1.807, 2.05) is 41.4 Å². The second kappa shape index (κ2) is 7.84. The van der Waals surface area contributed by atoms with Crippen molar-refractivity contribution in [2.45, 2.75) is 13.5 Å². The first-order valence-corrected chi connectivity index (χ1v) is 9.73. The number of amides is 2. The fraction of sp³-hybridized carbons (Fsp3) is 0.318. The van der Waals surface area contributed by atoms with E-state index in [2.05, 4.69) is 39.9 Å². The number of ether oxygens (including phenoxy) is 1. The highest BCUT2D eigenvalue weighted by atomic mass is 16.5. The van der Waals surface area contributed by atoms with Crippen LogP contribution in [0.5, 0.6) is 5.75 Å². The largest absolute Gasteiger partial charge is 0.495 e. The molecule has 1 aliphatic heterocycles. The summed E-state index contributed by atoms with van der Waals surface area (Å²) in [6.07, 6.45) is 2.02. The molecule has 28 heavy (non-hydrogen) atoms. The first kappa shape index (κ1) is 18.2. The predicted octanol–water partition coefficient (Wildman–Crippen LogP) is 4.02. The molecule has 1 aliphatic rings. The zero-order valence-electron chi connectivity index (χ0n) is 16.4. The van der Waals surface area contributed by atoms with Crippen LogP contribution in [0.2, 0.25) is 0 Å². The zero-order valence-corrected chi connectivity index (χ0v) is 16.4. The van der Waals surface area contributed by atoms with Gasteiger partial charge in [0, 0.05) is 44.3 Å². The van der Waals surface area contributed by atoms with Crippen LogP contribution in [0.25, 0.3) is 10.9 Å². The maximum Gasteiger partial charge on any atom is 0.322 e. The molecule has 3 aromatic rings. The first-order valence-electron chi connectivity index (χ1n) is 9.73. The fourth-order valence-corrected chi connectivity index (χ4v) is 3.84. The van der Waals surface area contributed by atoms with E-state index in [1.54, 1.807) is 7.11 Å². The lowest BCUT2D eigenvalue weighted by Crippen LogP contribution is -2.50. The minimum atomic E-state index is -0.0429. The number of nitrogens with zero attached hydrogens (tertiary/aromatic N) is 3. The highest BCUT2D eigenvalue weighted by Crippen LogP contribution is 2.29. The number of fused-ring (bicyclic) bond motifs is 1. The van der Waals surface area contributed by atoms with Gasteiger partial charge in [-0.05, 0) is 25.1 Å². The summed E-state index contributed by atoms with van der Waals surface area (Å²) < 4.78 is 7.63. The summed E-state index contributed by atoms with van der Waals surface area (Å²) in [7, 11) is 1.69. The Morgan fingerprint density at radius 3 is 2.50 bits per heavy atom. The van der Waals surface area contributed by atoms with Crippen molar-refractivity contribution in [3.63, 3.8) is 0 Å². The Labute approximate surface area is 165 Å². The van der Waals surface area contributed by atoms with Crippen molar-refractivity contribution >= 4 is 28.3 Å². The number of aromatic nitrogens is 1. The quantitative estimate of drug-likeness (QED) is 0.746. The van der Waals surface area contributed by atoms with Gasteiger partial charge in [0.05, 0.1) is 24.0 Å². The fourth-order valence-electron chi connectivity index (χ4n) is 3.84. The molecule has 6 heteroatoms. The third-order valence-electron chi connectivity index (χ3n) is 5.36. The highest BCUT2D eigenvalue weighted by molar-refractivity contribution is 6.01. The third kappa shape index (κ3) is 3.38. The zero-order chi connectivity index (χ0) is 19.5. The average Bonchev–Trinajstić information content (AvgIpc) is 3.11. The maximum absolute atomic E-state index is 12.8. The standard InChI is InChI=1S/C22H26N4O2/c1-3-24-16-18(17-8-4-5-9-19(17)24)23-22(27)26-14-12-25(13-15-26)20-10-6-7-11-21(20)28-2/h4-11,16H,3,12-15H2,1-2H3,(H,23,27). The molecule has 2 amide bonds. The Hall–Kier alpha value is -3.15. The minimum Gasteiger partial charge on any atom is -0.495 e. The molecule has 0 saturated carbocycles. The van der Waals surface area contributed by atoms with Gasteiger partial charge in [0.25, 0.3) is 0 Å². The van der Waals surface area contributed by atoms with Crippen molar-refractivity contribution in [3.8, 4) is 5.75 Å². The Kier molecular flexibility index (Phi) is 5.10. The molecule has 146 valence electrons. The van der Waals surface area contributed by atoms with E-state index in [1.165, 1.54) is 0 Å². The summed E-state index contributed by atoms with van der Waals surface area (Å²) in [5.74, 6) is 0.868. The molecule has 2 aromatic carbocycles. The lowest BCUT2D eigenvalue weighted by Gasteiger charge is -2.36. The molecular formula is C22H26N4O2. The molecule has 6 nitrogen and oxygen atoms in total. The van der Waals surface area contributed by atoms with E-state index in [0.717, 1.165) is 47.7 Å². The Morgan fingerprint density at radius 2 is 1.75 bits per heavy atom. The molecule has 0 aliphatic carbocycles. The van der Waals surface area contributed by atoms with E-state index < -0.39 is 0 Å². The van der Waals surface area contributed by atoms with Crippen molar-refractivity contribution in [3.05, 3.63) is 54.7 Å². The second-order valence-corrected chi connectivity index (χ2v) is 6.92. The summed E-state index contributed by atoms with van der Waals surface area (Å²) in [5, 5.41) is 4.18. The van der Waals surface area contributed by atoms with E-state index >= 15 is 0 Å². The van der Waals surface area contributed by atoms with Crippen LogP contribution in [0, 0.1) is 0 Å². The van der Waals surface area contributed by atoms with Crippen LogP contribution in [-0.4, -0.2) is 48.8 Å². The van der Waals surface area contributed by atoms with Crippen LogP contribution < -0.4 is 15.0 Å². The molecule has 1 aromatic heterocycles. The monoisotopic (exact) mass is 378 g/mol. The Balaban J connectivity index is 1.44. The molecule has 1 fully saturated rings. The number of methoxy groups -OCH3 is 1. The molecular weight excluding hydrogens is 352 g/mol. The highest BCUT2D eigenvalue weighted by Gasteiger charge is 2.23. The van der Waals surface area contributed by atoms with Crippen LogP contribution in [0.3, 0.4) is 0 Å². The lowest BCUT2D eigenvalue weighted by atomic mass is 10.2. The number of hydrogen-bond acceptors (Lipinski definition) is 3. The van der Waals surface area contributed by atoms with Gasteiger partial charge in [0.1, 0.15) is 5.75 Å². The van der Waals surface area contributed by atoms with Crippen molar-refractivity contribution < 1.29 is 9.53 Å². The number of hydrogen-bond donors (Lipinski definition) is 1. The molecule has 1 N–H and O–H groups in total. The van der Waals surface area contributed by atoms with Crippen LogP contribution >= 0.6 is 0 Å². The number of piperazine rings is 1. The lowest BCUT2D eigenvalue weighted by molar-refractivity contribution is 0.208. The summed E-state index contributed by atoms with van der Waals surface area (Å²) in [6.45, 7) is 5.89. The molecule has 0 radical (unpaired) electrons. The summed E-state index contributed by atoms with van der Waals surface area (Å²) in [4.78, 5) is 17.0. The van der Waals surface area contributed by atoms with Gasteiger partial charge in [-0.3, -0.25) is 0 Å². The van der Waals surface area contributed by atoms with Gasteiger partial charge in [0.15, 0.2) is 0 Å².